The van der Waals surface area contributed by atoms with E-state index in [1.54, 1.807) is 7.11 Å². The molecule has 1 heterocycles. The molecule has 7 nitrogen and oxygen atoms in total. The fraction of sp³-hybridized carbons (Fsp3) is 0.450. The molecule has 1 fully saturated rings. The molecule has 1 aromatic rings. The SMILES string of the molecule is COc1ccccc1CCN/C=C(/C#N)C(=O)NCCCN1CCCC1=O. The molecule has 1 aliphatic heterocycles. The van der Waals surface area contributed by atoms with Crippen LogP contribution in [0.1, 0.15) is 24.8 Å². The van der Waals surface area contributed by atoms with Gasteiger partial charge in [-0.3, -0.25) is 9.59 Å². The molecule has 7 heteroatoms. The molecule has 2 rings (SSSR count). The largest absolute Gasteiger partial charge is 0.496 e. The number of hydrogen-bond acceptors (Lipinski definition) is 5. The maximum atomic E-state index is 12.1. The van der Waals surface area contributed by atoms with Crippen molar-refractivity contribution in [1.82, 2.24) is 15.5 Å². The lowest BCUT2D eigenvalue weighted by Crippen LogP contribution is -2.31. The summed E-state index contributed by atoms with van der Waals surface area (Å²) in [5, 5.41) is 14.9. The van der Waals surface area contributed by atoms with Crippen molar-refractivity contribution in [2.45, 2.75) is 25.7 Å². The average Bonchev–Trinajstić information content (AvgIpc) is 3.10. The van der Waals surface area contributed by atoms with Crippen LogP contribution in [-0.4, -0.2) is 50.0 Å². The van der Waals surface area contributed by atoms with Gasteiger partial charge in [-0.05, 0) is 30.9 Å². The van der Waals surface area contributed by atoms with Crippen LogP contribution in [0.2, 0.25) is 0 Å². The lowest BCUT2D eigenvalue weighted by atomic mass is 10.1. The van der Waals surface area contributed by atoms with E-state index in [2.05, 4.69) is 10.6 Å². The van der Waals surface area contributed by atoms with Crippen LogP contribution >= 0.6 is 0 Å². The van der Waals surface area contributed by atoms with E-state index in [-0.39, 0.29) is 11.5 Å². The number of methoxy groups -OCH3 is 1. The number of hydrogen-bond donors (Lipinski definition) is 2. The van der Waals surface area contributed by atoms with E-state index in [1.165, 1.54) is 6.20 Å². The van der Waals surface area contributed by atoms with Gasteiger partial charge < -0.3 is 20.3 Å². The topological polar surface area (TPSA) is 94.5 Å². The minimum Gasteiger partial charge on any atom is -0.496 e. The zero-order valence-corrected chi connectivity index (χ0v) is 15.7. The van der Waals surface area contributed by atoms with E-state index in [0.29, 0.717) is 38.9 Å². The van der Waals surface area contributed by atoms with Gasteiger partial charge in [-0.25, -0.2) is 0 Å². The van der Waals surface area contributed by atoms with Crippen LogP contribution in [0.3, 0.4) is 0 Å². The van der Waals surface area contributed by atoms with Crippen molar-refractivity contribution in [2.75, 3.05) is 33.3 Å². The first-order valence-corrected chi connectivity index (χ1v) is 9.17. The molecule has 0 bridgehead atoms. The van der Waals surface area contributed by atoms with E-state index in [1.807, 2.05) is 35.2 Å². The highest BCUT2D eigenvalue weighted by molar-refractivity contribution is 5.97. The Labute approximate surface area is 160 Å². The molecule has 0 atom stereocenters. The Balaban J connectivity index is 1.70. The summed E-state index contributed by atoms with van der Waals surface area (Å²) in [5.74, 6) is 0.589. The standard InChI is InChI=1S/C20H26N4O3/c1-27-18-7-3-2-6-16(18)9-11-22-15-17(14-21)20(26)23-10-5-13-24-12-4-8-19(24)25/h2-3,6-7,15,22H,4-5,8-13H2,1H3,(H,23,26)/b17-15-. The van der Waals surface area contributed by atoms with Crippen molar-refractivity contribution in [3.05, 3.63) is 41.6 Å². The maximum Gasteiger partial charge on any atom is 0.263 e. The van der Waals surface area contributed by atoms with Gasteiger partial charge in [0.05, 0.1) is 7.11 Å². The molecule has 1 saturated heterocycles. The fourth-order valence-corrected chi connectivity index (χ4v) is 2.95. The minimum absolute atomic E-state index is 0.0345. The third-order valence-corrected chi connectivity index (χ3v) is 4.40. The van der Waals surface area contributed by atoms with E-state index >= 15 is 0 Å². The third kappa shape index (κ3) is 6.33. The third-order valence-electron chi connectivity index (χ3n) is 4.40. The van der Waals surface area contributed by atoms with Gasteiger partial charge in [0.15, 0.2) is 0 Å². The van der Waals surface area contributed by atoms with Gasteiger partial charge in [-0.1, -0.05) is 18.2 Å². The predicted molar refractivity (Wildman–Crippen MR) is 102 cm³/mol. The highest BCUT2D eigenvalue weighted by Gasteiger charge is 2.19. The molecule has 27 heavy (non-hydrogen) atoms. The number of nitrogens with one attached hydrogen (secondary N) is 2. The molecule has 1 aliphatic rings. The van der Waals surface area contributed by atoms with Crippen molar-refractivity contribution in [3.8, 4) is 11.8 Å². The number of carbonyl (C=O) groups is 2. The van der Waals surface area contributed by atoms with Crippen LogP contribution in [0.25, 0.3) is 0 Å². The highest BCUT2D eigenvalue weighted by Crippen LogP contribution is 2.17. The van der Waals surface area contributed by atoms with Gasteiger partial charge in [0, 0.05) is 38.8 Å². The summed E-state index contributed by atoms with van der Waals surface area (Å²) in [6.07, 6.45) is 4.36. The number of amides is 2. The molecule has 0 aromatic heterocycles. The van der Waals surface area contributed by atoms with E-state index in [9.17, 15) is 9.59 Å². The minimum atomic E-state index is -0.407. The predicted octanol–water partition coefficient (Wildman–Crippen LogP) is 1.36. The highest BCUT2D eigenvalue weighted by atomic mass is 16.5. The lowest BCUT2D eigenvalue weighted by Gasteiger charge is -2.15. The Morgan fingerprint density at radius 3 is 2.89 bits per heavy atom. The zero-order valence-electron chi connectivity index (χ0n) is 15.7. The van der Waals surface area contributed by atoms with Gasteiger partial charge in [0.25, 0.3) is 5.91 Å². The van der Waals surface area contributed by atoms with Crippen molar-refractivity contribution >= 4 is 11.8 Å². The second-order valence-electron chi connectivity index (χ2n) is 6.28. The van der Waals surface area contributed by atoms with Crippen molar-refractivity contribution in [1.29, 1.82) is 5.26 Å². The summed E-state index contributed by atoms with van der Waals surface area (Å²) in [5.41, 5.74) is 1.09. The van der Waals surface area contributed by atoms with Crippen molar-refractivity contribution < 1.29 is 14.3 Å². The quantitative estimate of drug-likeness (QED) is 0.368. The molecule has 0 radical (unpaired) electrons. The van der Waals surface area contributed by atoms with Crippen LogP contribution in [0.5, 0.6) is 5.75 Å². The number of rotatable bonds is 10. The normalized spacial score (nSPS) is 14.0. The number of para-hydroxylation sites is 1. The van der Waals surface area contributed by atoms with Crippen LogP contribution in [0, 0.1) is 11.3 Å². The van der Waals surface area contributed by atoms with Gasteiger partial charge in [-0.15, -0.1) is 0 Å². The molecule has 144 valence electrons. The van der Waals surface area contributed by atoms with Crippen LogP contribution in [-0.2, 0) is 16.0 Å². The van der Waals surface area contributed by atoms with Crippen molar-refractivity contribution in [3.63, 3.8) is 0 Å². The van der Waals surface area contributed by atoms with Crippen LogP contribution in [0.15, 0.2) is 36.0 Å². The Hall–Kier alpha value is -3.01. The van der Waals surface area contributed by atoms with Gasteiger partial charge >= 0.3 is 0 Å². The first-order chi connectivity index (χ1) is 13.2. The summed E-state index contributed by atoms with van der Waals surface area (Å²) in [7, 11) is 1.63. The Morgan fingerprint density at radius 1 is 1.37 bits per heavy atom. The number of carbonyl (C=O) groups excluding carboxylic acids is 2. The molecule has 2 amide bonds. The number of ether oxygens (including phenoxy) is 1. The molecule has 1 aromatic carbocycles. The van der Waals surface area contributed by atoms with E-state index < -0.39 is 5.91 Å². The Morgan fingerprint density at radius 2 is 2.19 bits per heavy atom. The summed E-state index contributed by atoms with van der Waals surface area (Å²) in [6.45, 7) is 2.45. The smallest absolute Gasteiger partial charge is 0.263 e. The summed E-state index contributed by atoms with van der Waals surface area (Å²) in [6, 6.07) is 9.64. The number of nitrogens with zero attached hydrogens (tertiary/aromatic N) is 2. The van der Waals surface area contributed by atoms with Gasteiger partial charge in [0.2, 0.25) is 5.91 Å². The molecular weight excluding hydrogens is 344 g/mol. The average molecular weight is 370 g/mol. The van der Waals surface area contributed by atoms with Crippen molar-refractivity contribution in [2.24, 2.45) is 0 Å². The van der Waals surface area contributed by atoms with E-state index in [4.69, 9.17) is 10.00 Å². The number of benzene rings is 1. The number of nitriles is 1. The van der Waals surface area contributed by atoms with Crippen LogP contribution < -0.4 is 15.4 Å². The summed E-state index contributed by atoms with van der Waals surface area (Å²) in [4.78, 5) is 25.4. The monoisotopic (exact) mass is 370 g/mol. The maximum absolute atomic E-state index is 12.1. The summed E-state index contributed by atoms with van der Waals surface area (Å²) >= 11 is 0. The molecule has 0 unspecified atom stereocenters. The second kappa shape index (κ2) is 10.9. The molecule has 0 saturated carbocycles. The first kappa shape index (κ1) is 20.3. The Kier molecular flexibility index (Phi) is 8.17. The fourth-order valence-electron chi connectivity index (χ4n) is 2.95. The number of likely N-dealkylation sites (tertiary alicyclic amines) is 1. The first-order valence-electron chi connectivity index (χ1n) is 9.17. The molecular formula is C20H26N4O3. The van der Waals surface area contributed by atoms with Gasteiger partial charge in [-0.2, -0.15) is 5.26 Å². The second-order valence-corrected chi connectivity index (χ2v) is 6.28. The van der Waals surface area contributed by atoms with Gasteiger partial charge in [0.1, 0.15) is 17.4 Å². The summed E-state index contributed by atoms with van der Waals surface area (Å²) < 4.78 is 5.30. The van der Waals surface area contributed by atoms with E-state index in [0.717, 1.165) is 24.3 Å². The Bertz CT molecular complexity index is 724. The molecule has 0 aliphatic carbocycles. The lowest BCUT2D eigenvalue weighted by molar-refractivity contribution is -0.127. The molecule has 2 N–H and O–H groups in total. The zero-order chi connectivity index (χ0) is 19.5. The van der Waals surface area contributed by atoms with Crippen LogP contribution in [0.4, 0.5) is 0 Å². The molecule has 0 spiro atoms.